The number of hydrogen-bond acceptors (Lipinski definition) is 5. The Morgan fingerprint density at radius 2 is 1.05 bits per heavy atom. The second-order valence-corrected chi connectivity index (χ2v) is 11.7. The largest absolute Gasteiger partial charge is 0.508 e. The van der Waals surface area contributed by atoms with E-state index in [1.807, 2.05) is 31.2 Å². The molecule has 2 aromatic carbocycles. The van der Waals surface area contributed by atoms with E-state index in [1.165, 1.54) is 15.4 Å². The summed E-state index contributed by atoms with van der Waals surface area (Å²) in [6, 6.07) is 14.8. The van der Waals surface area contributed by atoms with Crippen LogP contribution in [0.15, 0.2) is 48.5 Å². The second kappa shape index (κ2) is 13.9. The third kappa shape index (κ3) is 8.54. The molecule has 0 aliphatic heterocycles. The van der Waals surface area contributed by atoms with Gasteiger partial charge < -0.3 is 25.1 Å². The zero-order valence-electron chi connectivity index (χ0n) is 29.5. The fourth-order valence-electron chi connectivity index (χ4n) is 6.25. The van der Waals surface area contributed by atoms with Crippen molar-refractivity contribution in [3.63, 3.8) is 0 Å². The van der Waals surface area contributed by atoms with Gasteiger partial charge in [-0.1, -0.05) is 80.5 Å². The van der Waals surface area contributed by atoms with Crippen molar-refractivity contribution in [2.24, 2.45) is 0 Å². The summed E-state index contributed by atoms with van der Waals surface area (Å²) >= 11 is 0. The summed E-state index contributed by atoms with van der Waals surface area (Å²) < 4.78 is 45.4. The fourth-order valence-corrected chi connectivity index (χ4v) is 6.25. The van der Waals surface area contributed by atoms with Crippen molar-refractivity contribution >= 4 is 0 Å². The van der Waals surface area contributed by atoms with Gasteiger partial charge in [-0.05, 0) is 83.9 Å². The number of nitrogens with zero attached hydrogens (tertiary/aromatic N) is 2. The van der Waals surface area contributed by atoms with Crippen molar-refractivity contribution in [3.8, 4) is 5.75 Å². The minimum Gasteiger partial charge on any atom is -0.508 e. The molecule has 212 valence electrons. The maximum Gasteiger partial charge on any atom is 0.115 e. The van der Waals surface area contributed by atoms with Gasteiger partial charge >= 0.3 is 0 Å². The Morgan fingerprint density at radius 3 is 1.42 bits per heavy atom. The Kier molecular flexibility index (Phi) is 8.38. The minimum atomic E-state index is -2.18. The first-order valence-corrected chi connectivity index (χ1v) is 14.2. The van der Waals surface area contributed by atoms with E-state index in [2.05, 4.69) is 0 Å². The molecule has 2 aliphatic carbocycles. The van der Waals surface area contributed by atoms with Crippen molar-refractivity contribution in [1.82, 2.24) is 9.80 Å². The Balaban J connectivity index is 0.000000240. The van der Waals surface area contributed by atoms with Gasteiger partial charge in [-0.15, -0.1) is 0 Å². The Morgan fingerprint density at radius 1 is 0.684 bits per heavy atom. The van der Waals surface area contributed by atoms with Gasteiger partial charge in [0.1, 0.15) is 5.75 Å². The van der Waals surface area contributed by atoms with Gasteiger partial charge in [0.15, 0.2) is 0 Å². The van der Waals surface area contributed by atoms with Gasteiger partial charge in [-0.25, -0.2) is 0 Å². The Labute approximate surface area is 239 Å². The number of hydrogen-bond donors (Lipinski definition) is 3. The van der Waals surface area contributed by atoms with E-state index in [9.17, 15) is 15.3 Å². The zero-order chi connectivity index (χ0) is 32.8. The highest BCUT2D eigenvalue weighted by Gasteiger charge is 2.39. The van der Waals surface area contributed by atoms with E-state index in [0.717, 1.165) is 62.5 Å². The normalized spacial score (nSPS) is 23.4. The molecule has 0 aromatic heterocycles. The number of rotatable bonds is 8. The summed E-state index contributed by atoms with van der Waals surface area (Å²) in [5.74, 6) is -0.278. The van der Waals surface area contributed by atoms with Crippen LogP contribution in [0.4, 0.5) is 0 Å². The summed E-state index contributed by atoms with van der Waals surface area (Å²) in [6.45, 7) is -1.68. The quantitative estimate of drug-likeness (QED) is 0.387. The molecule has 4 rings (SSSR count). The smallest absolute Gasteiger partial charge is 0.115 e. The highest BCUT2D eigenvalue weighted by Crippen LogP contribution is 2.41. The highest BCUT2D eigenvalue weighted by atomic mass is 16.3. The van der Waals surface area contributed by atoms with Crippen LogP contribution in [0.25, 0.3) is 0 Å². The average molecular weight is 531 g/mol. The van der Waals surface area contributed by atoms with Crippen molar-refractivity contribution < 1.29 is 23.5 Å². The molecule has 3 N–H and O–H groups in total. The Bertz CT molecular complexity index is 1050. The van der Waals surface area contributed by atoms with Crippen LogP contribution in [-0.2, 0) is 0 Å². The molecule has 0 saturated heterocycles. The van der Waals surface area contributed by atoms with Crippen LogP contribution >= 0.6 is 0 Å². The summed E-state index contributed by atoms with van der Waals surface area (Å²) in [5.41, 5.74) is 1.40. The molecule has 0 spiro atoms. The molecule has 2 unspecified atom stereocenters. The first-order valence-electron chi connectivity index (χ1n) is 17.2. The summed E-state index contributed by atoms with van der Waals surface area (Å²) in [6.07, 6.45) is 9.08. The van der Waals surface area contributed by atoms with Gasteiger partial charge in [0.25, 0.3) is 0 Å². The topological polar surface area (TPSA) is 67.2 Å². The molecule has 5 nitrogen and oxygen atoms in total. The minimum absolute atomic E-state index is 0.168. The molecule has 2 fully saturated rings. The maximum atomic E-state index is 11.2. The van der Waals surface area contributed by atoms with Crippen LogP contribution < -0.4 is 0 Å². The lowest BCUT2D eigenvalue weighted by Crippen LogP contribution is -2.42. The molecule has 0 bridgehead atoms. The molecule has 2 saturated carbocycles. The number of aryl methyl sites for hydroxylation is 1. The van der Waals surface area contributed by atoms with E-state index >= 15 is 0 Å². The Hall–Kier alpha value is -1.92. The van der Waals surface area contributed by atoms with E-state index in [0.29, 0.717) is 19.4 Å². The summed E-state index contributed by atoms with van der Waals surface area (Å²) in [5, 5.41) is 31.7. The van der Waals surface area contributed by atoms with E-state index < -0.39 is 25.2 Å². The molecule has 0 radical (unpaired) electrons. The van der Waals surface area contributed by atoms with Gasteiger partial charge in [-0.3, -0.25) is 0 Å². The van der Waals surface area contributed by atoms with Crippen molar-refractivity contribution in [3.05, 3.63) is 65.2 Å². The van der Waals surface area contributed by atoms with Crippen LogP contribution in [0.2, 0.25) is 0 Å². The van der Waals surface area contributed by atoms with Crippen LogP contribution in [0.3, 0.4) is 0 Å². The van der Waals surface area contributed by atoms with Gasteiger partial charge in [0.05, 0.1) is 11.2 Å². The summed E-state index contributed by atoms with van der Waals surface area (Å²) in [4.78, 5) is 2.70. The van der Waals surface area contributed by atoms with E-state index in [4.69, 9.17) is 8.22 Å². The molecule has 0 amide bonds. The van der Waals surface area contributed by atoms with Crippen LogP contribution in [0, 0.1) is 6.92 Å². The number of likely N-dealkylation sites (N-methyl/N-ethyl adjacent to an activating group) is 2. The van der Waals surface area contributed by atoms with Crippen LogP contribution in [0.1, 0.15) is 101 Å². The third-order valence-corrected chi connectivity index (χ3v) is 8.42. The molecule has 2 aliphatic rings. The van der Waals surface area contributed by atoms with Crippen molar-refractivity contribution in [2.45, 2.75) is 94.2 Å². The predicted octanol–water partition coefficient (Wildman–Crippen LogP) is 6.07. The second-order valence-electron chi connectivity index (χ2n) is 11.7. The monoisotopic (exact) mass is 530 g/mol. The first kappa shape index (κ1) is 22.9. The van der Waals surface area contributed by atoms with Crippen LogP contribution in [-0.4, -0.2) is 77.5 Å². The third-order valence-electron chi connectivity index (χ3n) is 8.42. The fraction of sp³-hybridized carbons (Fsp3) is 0.636. The number of benzene rings is 2. The van der Waals surface area contributed by atoms with Crippen LogP contribution in [0.5, 0.6) is 5.75 Å². The van der Waals surface area contributed by atoms with E-state index in [-0.39, 0.29) is 24.1 Å². The zero-order valence-corrected chi connectivity index (χ0v) is 23.5. The standard InChI is InChI=1S/C17H27NO.C16H25NO2/c1-14-7-9-15(10-8-14)16(13-18(2)3)17(19)11-5-4-6-12-17;1-17(2)12-15(13-6-8-14(18)9-7-13)16(19)10-4-3-5-11-16/h7-10,16,19H,4-6,11-13H2,1-3H3;6-9,15,18-19H,3-5,10-12H2,1-2H3/i2D3;1D3. The van der Waals surface area contributed by atoms with E-state index in [1.54, 1.807) is 38.4 Å². The van der Waals surface area contributed by atoms with Crippen molar-refractivity contribution in [1.29, 1.82) is 0 Å². The summed E-state index contributed by atoms with van der Waals surface area (Å²) in [7, 11) is 3.17. The lowest BCUT2D eigenvalue weighted by Gasteiger charge is -2.40. The van der Waals surface area contributed by atoms with Gasteiger partial charge in [0.2, 0.25) is 0 Å². The van der Waals surface area contributed by atoms with Crippen molar-refractivity contribution in [2.75, 3.05) is 41.1 Å². The molecule has 5 heteroatoms. The number of phenols is 1. The van der Waals surface area contributed by atoms with Gasteiger partial charge in [0, 0.05) is 33.1 Å². The SMILES string of the molecule is [2H]C([2H])([2H])N(C)CC(c1ccc(C)cc1)C1(O)CCCCC1.[2H]C([2H])([2H])N(C)CC(c1ccc(O)cc1)C1(O)CCCCC1. The molecule has 0 heterocycles. The molecular weight excluding hydrogens is 472 g/mol. The molecular formula is C33H52N2O3. The lowest BCUT2D eigenvalue weighted by atomic mass is 9.72. The predicted molar refractivity (Wildman–Crippen MR) is 158 cm³/mol. The molecule has 2 aromatic rings. The lowest BCUT2D eigenvalue weighted by molar-refractivity contribution is -0.0280. The number of aromatic hydroxyl groups is 1. The number of aliphatic hydroxyl groups is 2. The number of phenolic OH excluding ortho intramolecular Hbond substituents is 1. The first-order chi connectivity index (χ1) is 20.4. The van der Waals surface area contributed by atoms with Gasteiger partial charge in [-0.2, -0.15) is 0 Å². The highest BCUT2D eigenvalue weighted by molar-refractivity contribution is 5.31. The average Bonchev–Trinajstić information content (AvgIpc) is 2.95. The molecule has 38 heavy (non-hydrogen) atoms. The molecule has 2 atom stereocenters. The maximum absolute atomic E-state index is 11.2.